The molecule has 0 saturated heterocycles. The predicted molar refractivity (Wildman–Crippen MR) is 49.6 cm³/mol. The first kappa shape index (κ1) is 9.64. The Morgan fingerprint density at radius 1 is 1.54 bits per heavy atom. The normalized spacial score (nSPS) is 9.69. The van der Waals surface area contributed by atoms with E-state index in [9.17, 15) is 4.79 Å². The fourth-order valence-electron chi connectivity index (χ4n) is 1.01. The molecular formula is C9H14N2O2. The lowest BCUT2D eigenvalue weighted by Crippen LogP contribution is -2.33. The predicted octanol–water partition coefficient (Wildman–Crippen LogP) is 1.06. The van der Waals surface area contributed by atoms with Gasteiger partial charge in [0.1, 0.15) is 11.5 Å². The molecular weight excluding hydrogens is 168 g/mol. The standard InChI is InChI=1S/C9H14N2O2/c1-7-3-4-8(13-7)5-6-11-9(12)10-2/h3-4H,5-6H2,1-2H3,(H2,10,11,12). The summed E-state index contributed by atoms with van der Waals surface area (Å²) in [6, 6.07) is 3.67. The Morgan fingerprint density at radius 2 is 2.31 bits per heavy atom. The highest BCUT2D eigenvalue weighted by Gasteiger charge is 1.99. The first-order valence-corrected chi connectivity index (χ1v) is 4.23. The summed E-state index contributed by atoms with van der Waals surface area (Å²) in [5.74, 6) is 1.80. The van der Waals surface area contributed by atoms with Crippen LogP contribution in [0, 0.1) is 6.92 Å². The van der Waals surface area contributed by atoms with E-state index < -0.39 is 0 Å². The zero-order chi connectivity index (χ0) is 9.68. The number of urea groups is 1. The number of aryl methyl sites for hydroxylation is 1. The maximum atomic E-state index is 10.8. The van der Waals surface area contributed by atoms with Crippen LogP contribution in [0.15, 0.2) is 16.5 Å². The van der Waals surface area contributed by atoms with Crippen LogP contribution in [0.5, 0.6) is 0 Å². The SMILES string of the molecule is CNC(=O)NCCc1ccc(C)o1. The van der Waals surface area contributed by atoms with Crippen LogP contribution < -0.4 is 10.6 Å². The molecule has 0 bridgehead atoms. The van der Waals surface area contributed by atoms with Crippen molar-refractivity contribution in [3.05, 3.63) is 23.7 Å². The van der Waals surface area contributed by atoms with E-state index in [1.807, 2.05) is 19.1 Å². The molecule has 13 heavy (non-hydrogen) atoms. The third-order valence-electron chi connectivity index (χ3n) is 1.68. The summed E-state index contributed by atoms with van der Waals surface area (Å²) in [6.45, 7) is 2.49. The molecule has 1 rings (SSSR count). The molecule has 0 aliphatic heterocycles. The quantitative estimate of drug-likeness (QED) is 0.734. The summed E-state index contributed by atoms with van der Waals surface area (Å²) in [5.41, 5.74) is 0. The summed E-state index contributed by atoms with van der Waals surface area (Å²) < 4.78 is 5.33. The minimum absolute atomic E-state index is 0.164. The van der Waals surface area contributed by atoms with Crippen LogP contribution in [0.4, 0.5) is 4.79 Å². The first-order valence-electron chi connectivity index (χ1n) is 4.23. The number of hydrogen-bond acceptors (Lipinski definition) is 2. The van der Waals surface area contributed by atoms with Crippen LogP contribution in [0.1, 0.15) is 11.5 Å². The number of nitrogens with one attached hydrogen (secondary N) is 2. The maximum absolute atomic E-state index is 10.8. The molecule has 1 aromatic heterocycles. The van der Waals surface area contributed by atoms with Crippen molar-refractivity contribution in [2.45, 2.75) is 13.3 Å². The van der Waals surface area contributed by atoms with Crippen molar-refractivity contribution in [3.8, 4) is 0 Å². The van der Waals surface area contributed by atoms with E-state index in [4.69, 9.17) is 4.42 Å². The molecule has 4 nitrogen and oxygen atoms in total. The Kier molecular flexibility index (Phi) is 3.37. The van der Waals surface area contributed by atoms with Crippen molar-refractivity contribution in [3.63, 3.8) is 0 Å². The van der Waals surface area contributed by atoms with Crippen LogP contribution in [0.25, 0.3) is 0 Å². The number of carbonyl (C=O) groups excluding carboxylic acids is 1. The van der Waals surface area contributed by atoms with Gasteiger partial charge in [-0.1, -0.05) is 0 Å². The number of amides is 2. The monoisotopic (exact) mass is 182 g/mol. The van der Waals surface area contributed by atoms with Gasteiger partial charge in [0.05, 0.1) is 0 Å². The highest BCUT2D eigenvalue weighted by molar-refractivity contribution is 5.73. The third kappa shape index (κ3) is 3.19. The molecule has 1 aromatic rings. The minimum atomic E-state index is -0.164. The Hall–Kier alpha value is -1.45. The van der Waals surface area contributed by atoms with Gasteiger partial charge in [-0.15, -0.1) is 0 Å². The molecule has 0 atom stereocenters. The summed E-state index contributed by atoms with van der Waals surface area (Å²) >= 11 is 0. The van der Waals surface area contributed by atoms with Gasteiger partial charge in [0.25, 0.3) is 0 Å². The minimum Gasteiger partial charge on any atom is -0.466 e. The third-order valence-corrected chi connectivity index (χ3v) is 1.68. The van der Waals surface area contributed by atoms with Crippen molar-refractivity contribution < 1.29 is 9.21 Å². The van der Waals surface area contributed by atoms with Crippen LogP contribution in [-0.4, -0.2) is 19.6 Å². The molecule has 0 aliphatic carbocycles. The summed E-state index contributed by atoms with van der Waals surface area (Å²) in [7, 11) is 1.59. The van der Waals surface area contributed by atoms with Gasteiger partial charge in [-0.3, -0.25) is 0 Å². The summed E-state index contributed by atoms with van der Waals surface area (Å²) in [5, 5.41) is 5.16. The van der Waals surface area contributed by atoms with Gasteiger partial charge >= 0.3 is 6.03 Å². The van der Waals surface area contributed by atoms with Crippen molar-refractivity contribution in [1.29, 1.82) is 0 Å². The molecule has 0 unspecified atom stereocenters. The molecule has 0 fully saturated rings. The van der Waals surface area contributed by atoms with E-state index in [2.05, 4.69) is 10.6 Å². The van der Waals surface area contributed by atoms with Gasteiger partial charge < -0.3 is 15.1 Å². The van der Waals surface area contributed by atoms with Crippen LogP contribution in [-0.2, 0) is 6.42 Å². The zero-order valence-corrected chi connectivity index (χ0v) is 7.89. The Bertz CT molecular complexity index is 281. The second-order valence-electron chi connectivity index (χ2n) is 2.77. The second kappa shape index (κ2) is 4.54. The molecule has 1 heterocycles. The fourth-order valence-corrected chi connectivity index (χ4v) is 1.01. The molecule has 0 saturated carbocycles. The average Bonchev–Trinajstić information content (AvgIpc) is 2.51. The van der Waals surface area contributed by atoms with Crippen LogP contribution in [0.3, 0.4) is 0 Å². The average molecular weight is 182 g/mol. The van der Waals surface area contributed by atoms with E-state index in [1.54, 1.807) is 7.05 Å². The van der Waals surface area contributed by atoms with Gasteiger partial charge in [-0.2, -0.15) is 0 Å². The highest BCUT2D eigenvalue weighted by atomic mass is 16.3. The largest absolute Gasteiger partial charge is 0.466 e. The molecule has 0 spiro atoms. The van der Waals surface area contributed by atoms with Gasteiger partial charge in [0.2, 0.25) is 0 Å². The number of rotatable bonds is 3. The fraction of sp³-hybridized carbons (Fsp3) is 0.444. The first-order chi connectivity index (χ1) is 6.22. The second-order valence-corrected chi connectivity index (χ2v) is 2.77. The van der Waals surface area contributed by atoms with Gasteiger partial charge in [0, 0.05) is 20.0 Å². The summed E-state index contributed by atoms with van der Waals surface area (Å²) in [6.07, 6.45) is 0.723. The lowest BCUT2D eigenvalue weighted by atomic mass is 10.3. The highest BCUT2D eigenvalue weighted by Crippen LogP contribution is 2.05. The topological polar surface area (TPSA) is 54.3 Å². The Balaban J connectivity index is 2.24. The Morgan fingerprint density at radius 3 is 2.85 bits per heavy atom. The molecule has 0 aliphatic rings. The van der Waals surface area contributed by atoms with Crippen LogP contribution >= 0.6 is 0 Å². The molecule has 0 aromatic carbocycles. The van der Waals surface area contributed by atoms with Gasteiger partial charge in [-0.05, 0) is 19.1 Å². The van der Waals surface area contributed by atoms with Crippen molar-refractivity contribution in [2.24, 2.45) is 0 Å². The van der Waals surface area contributed by atoms with E-state index in [0.717, 1.165) is 17.9 Å². The molecule has 2 N–H and O–H groups in total. The smallest absolute Gasteiger partial charge is 0.314 e. The van der Waals surface area contributed by atoms with E-state index in [0.29, 0.717) is 6.54 Å². The number of carbonyl (C=O) groups is 1. The maximum Gasteiger partial charge on any atom is 0.314 e. The van der Waals surface area contributed by atoms with E-state index >= 15 is 0 Å². The van der Waals surface area contributed by atoms with Gasteiger partial charge in [0.15, 0.2) is 0 Å². The Labute approximate surface area is 77.3 Å². The zero-order valence-electron chi connectivity index (χ0n) is 7.89. The molecule has 72 valence electrons. The van der Waals surface area contributed by atoms with E-state index in [-0.39, 0.29) is 6.03 Å². The van der Waals surface area contributed by atoms with Crippen molar-refractivity contribution in [2.75, 3.05) is 13.6 Å². The molecule has 2 amide bonds. The van der Waals surface area contributed by atoms with Crippen molar-refractivity contribution >= 4 is 6.03 Å². The van der Waals surface area contributed by atoms with Gasteiger partial charge in [-0.25, -0.2) is 4.79 Å². The van der Waals surface area contributed by atoms with Crippen molar-refractivity contribution in [1.82, 2.24) is 10.6 Å². The van der Waals surface area contributed by atoms with Crippen LogP contribution in [0.2, 0.25) is 0 Å². The van der Waals surface area contributed by atoms with E-state index in [1.165, 1.54) is 0 Å². The lowest BCUT2D eigenvalue weighted by Gasteiger charge is -2.01. The lowest BCUT2D eigenvalue weighted by molar-refractivity contribution is 0.243. The number of hydrogen-bond donors (Lipinski definition) is 2. The summed E-state index contributed by atoms with van der Waals surface area (Å²) in [4.78, 5) is 10.8. The number of furan rings is 1. The molecule has 0 radical (unpaired) electrons. The molecule has 4 heteroatoms.